The molecule has 158 valence electrons. The fraction of sp³-hybridized carbons (Fsp3) is 0.0455. The average molecular weight is 458 g/mol. The van der Waals surface area contributed by atoms with Crippen molar-refractivity contribution in [3.05, 3.63) is 87.4 Å². The summed E-state index contributed by atoms with van der Waals surface area (Å²) < 4.78 is 5.02. The number of methoxy groups -OCH3 is 1. The molecule has 3 rings (SSSR count). The summed E-state index contributed by atoms with van der Waals surface area (Å²) in [5.74, 6) is -0.871. The van der Waals surface area contributed by atoms with Gasteiger partial charge in [0.15, 0.2) is 11.5 Å². The van der Waals surface area contributed by atoms with Gasteiger partial charge in [0, 0.05) is 11.3 Å². The van der Waals surface area contributed by atoms with Gasteiger partial charge in [-0.15, -0.1) is 0 Å². The number of nitrogens with zero attached hydrogens (tertiary/aromatic N) is 1. The Balaban J connectivity index is 1.68. The molecule has 0 aromatic heterocycles. The maximum atomic E-state index is 12.4. The highest BCUT2D eigenvalue weighted by Crippen LogP contribution is 2.34. The van der Waals surface area contributed by atoms with Gasteiger partial charge < -0.3 is 15.2 Å². The first kappa shape index (κ1) is 22.1. The van der Waals surface area contributed by atoms with Crippen molar-refractivity contribution < 1.29 is 19.4 Å². The summed E-state index contributed by atoms with van der Waals surface area (Å²) in [5, 5.41) is 16.8. The van der Waals surface area contributed by atoms with E-state index in [4.69, 9.17) is 27.9 Å². The summed E-state index contributed by atoms with van der Waals surface area (Å²) >= 11 is 12.0. The lowest BCUT2D eigenvalue weighted by Gasteiger charge is -2.08. The van der Waals surface area contributed by atoms with Crippen molar-refractivity contribution in [1.29, 1.82) is 0 Å². The number of phenolic OH excluding ortho intramolecular Hbond substituents is 1. The number of hydrogen-bond donors (Lipinski definition) is 3. The number of amides is 2. The molecule has 0 aliphatic rings. The Morgan fingerprint density at radius 3 is 2.52 bits per heavy atom. The van der Waals surface area contributed by atoms with E-state index in [0.717, 1.165) is 0 Å². The summed E-state index contributed by atoms with van der Waals surface area (Å²) in [4.78, 5) is 24.8. The molecule has 0 saturated carbocycles. The zero-order valence-corrected chi connectivity index (χ0v) is 17.7. The molecule has 3 N–H and O–H groups in total. The van der Waals surface area contributed by atoms with Crippen molar-refractivity contribution >= 4 is 46.9 Å². The van der Waals surface area contributed by atoms with Crippen LogP contribution in [0, 0.1) is 0 Å². The lowest BCUT2D eigenvalue weighted by atomic mass is 10.1. The Kier molecular flexibility index (Phi) is 7.12. The Morgan fingerprint density at radius 1 is 1.00 bits per heavy atom. The van der Waals surface area contributed by atoms with Crippen molar-refractivity contribution in [1.82, 2.24) is 5.43 Å². The minimum atomic E-state index is -0.484. The van der Waals surface area contributed by atoms with Gasteiger partial charge in [-0.05, 0) is 48.0 Å². The maximum Gasteiger partial charge on any atom is 0.271 e. The summed E-state index contributed by atoms with van der Waals surface area (Å²) in [7, 11) is 1.39. The molecule has 0 aliphatic carbocycles. The number of hydrogen-bond acceptors (Lipinski definition) is 5. The van der Waals surface area contributed by atoms with Gasteiger partial charge in [-0.3, -0.25) is 9.59 Å². The van der Waals surface area contributed by atoms with Crippen LogP contribution in [-0.4, -0.2) is 30.2 Å². The molecule has 0 fully saturated rings. The highest BCUT2D eigenvalue weighted by molar-refractivity contribution is 6.34. The van der Waals surface area contributed by atoms with Crippen LogP contribution in [-0.2, 0) is 0 Å². The number of rotatable bonds is 6. The van der Waals surface area contributed by atoms with E-state index < -0.39 is 5.91 Å². The lowest BCUT2D eigenvalue weighted by molar-refractivity contribution is 0.0953. The molecule has 3 aromatic carbocycles. The van der Waals surface area contributed by atoms with E-state index in [1.54, 1.807) is 42.5 Å². The van der Waals surface area contributed by atoms with Crippen LogP contribution in [0.15, 0.2) is 65.8 Å². The fourth-order valence-electron chi connectivity index (χ4n) is 2.64. The molecule has 0 bridgehead atoms. The second-order valence-electron chi connectivity index (χ2n) is 6.27. The summed E-state index contributed by atoms with van der Waals surface area (Å²) in [5.41, 5.74) is 3.95. The van der Waals surface area contributed by atoms with E-state index in [0.29, 0.717) is 21.8 Å². The highest BCUT2D eigenvalue weighted by Gasteiger charge is 2.12. The monoisotopic (exact) mass is 457 g/mol. The SMILES string of the molecule is COc1cc(/C=N\NC(=O)c2cccc(NC(=O)c3ccccc3Cl)c2)cc(Cl)c1O. The Morgan fingerprint density at radius 2 is 1.77 bits per heavy atom. The molecule has 0 spiro atoms. The smallest absolute Gasteiger partial charge is 0.271 e. The molecule has 2 amide bonds. The van der Waals surface area contributed by atoms with Crippen molar-refractivity contribution in [2.24, 2.45) is 5.10 Å². The van der Waals surface area contributed by atoms with Crippen molar-refractivity contribution in [2.75, 3.05) is 12.4 Å². The van der Waals surface area contributed by atoms with E-state index in [2.05, 4.69) is 15.8 Å². The molecule has 7 nitrogen and oxygen atoms in total. The van der Waals surface area contributed by atoms with Gasteiger partial charge in [-0.25, -0.2) is 5.43 Å². The summed E-state index contributed by atoms with van der Waals surface area (Å²) in [6, 6.07) is 16.0. The molecular formula is C22H17Cl2N3O4. The Labute approximate surface area is 188 Å². The van der Waals surface area contributed by atoms with Gasteiger partial charge >= 0.3 is 0 Å². The maximum absolute atomic E-state index is 12.4. The predicted octanol–water partition coefficient (Wildman–Crippen LogP) is 4.72. The quantitative estimate of drug-likeness (QED) is 0.368. The fourth-order valence-corrected chi connectivity index (χ4v) is 3.08. The minimum Gasteiger partial charge on any atom is -0.503 e. The van der Waals surface area contributed by atoms with E-state index >= 15 is 0 Å². The first-order chi connectivity index (χ1) is 14.9. The number of halogens is 2. The van der Waals surface area contributed by atoms with Crippen LogP contribution in [0.25, 0.3) is 0 Å². The Hall–Kier alpha value is -3.55. The molecule has 31 heavy (non-hydrogen) atoms. The van der Waals surface area contributed by atoms with Gasteiger partial charge in [0.05, 0.1) is 28.9 Å². The number of phenols is 1. The van der Waals surface area contributed by atoms with E-state index in [9.17, 15) is 14.7 Å². The number of carbonyl (C=O) groups excluding carboxylic acids is 2. The largest absolute Gasteiger partial charge is 0.503 e. The van der Waals surface area contributed by atoms with Gasteiger partial charge in [-0.2, -0.15) is 5.10 Å². The standard InChI is InChI=1S/C22H17Cl2N3O4/c1-31-19-10-13(9-18(24)20(19)28)12-25-27-21(29)14-5-4-6-15(11-14)26-22(30)16-7-2-3-8-17(16)23/h2-12,28H,1H3,(H,26,30)(H,27,29)/b25-12-. The second-order valence-corrected chi connectivity index (χ2v) is 7.08. The number of anilines is 1. The number of nitrogens with one attached hydrogen (secondary N) is 2. The molecule has 0 unspecified atom stereocenters. The van der Waals surface area contributed by atoms with Crippen molar-refractivity contribution in [3.8, 4) is 11.5 Å². The molecular weight excluding hydrogens is 441 g/mol. The van der Waals surface area contributed by atoms with Gasteiger partial charge in [0.2, 0.25) is 0 Å². The predicted molar refractivity (Wildman–Crippen MR) is 121 cm³/mol. The molecule has 0 atom stereocenters. The topological polar surface area (TPSA) is 100 Å². The zero-order chi connectivity index (χ0) is 22.4. The first-order valence-corrected chi connectivity index (χ1v) is 9.70. The van der Waals surface area contributed by atoms with Crippen LogP contribution in [0.5, 0.6) is 11.5 Å². The lowest BCUT2D eigenvalue weighted by Crippen LogP contribution is -2.18. The van der Waals surface area contributed by atoms with Gasteiger partial charge in [0.25, 0.3) is 11.8 Å². The van der Waals surface area contributed by atoms with Crippen LogP contribution in [0.2, 0.25) is 10.0 Å². The third kappa shape index (κ3) is 5.53. The summed E-state index contributed by atoms with van der Waals surface area (Å²) in [6.07, 6.45) is 1.36. The third-order valence-corrected chi connectivity index (χ3v) is 4.77. The number of ether oxygens (including phenoxy) is 1. The van der Waals surface area contributed by atoms with E-state index in [-0.39, 0.29) is 28.0 Å². The number of carbonyl (C=O) groups is 2. The highest BCUT2D eigenvalue weighted by atomic mass is 35.5. The van der Waals surface area contributed by atoms with Crippen LogP contribution < -0.4 is 15.5 Å². The molecule has 0 heterocycles. The van der Waals surface area contributed by atoms with E-state index in [1.807, 2.05) is 0 Å². The van der Waals surface area contributed by atoms with Crippen LogP contribution in [0.3, 0.4) is 0 Å². The molecule has 9 heteroatoms. The van der Waals surface area contributed by atoms with E-state index in [1.165, 1.54) is 31.5 Å². The van der Waals surface area contributed by atoms with Gasteiger partial charge in [0.1, 0.15) is 0 Å². The second kappa shape index (κ2) is 9.97. The normalized spacial score (nSPS) is 10.7. The number of hydrazone groups is 1. The number of benzene rings is 3. The van der Waals surface area contributed by atoms with Crippen LogP contribution in [0.1, 0.15) is 26.3 Å². The number of aromatic hydroxyl groups is 1. The van der Waals surface area contributed by atoms with Gasteiger partial charge in [-0.1, -0.05) is 41.4 Å². The third-order valence-electron chi connectivity index (χ3n) is 4.15. The first-order valence-electron chi connectivity index (χ1n) is 8.95. The molecule has 0 saturated heterocycles. The average Bonchev–Trinajstić information content (AvgIpc) is 2.76. The molecule has 0 radical (unpaired) electrons. The summed E-state index contributed by atoms with van der Waals surface area (Å²) in [6.45, 7) is 0. The van der Waals surface area contributed by atoms with Crippen molar-refractivity contribution in [3.63, 3.8) is 0 Å². The zero-order valence-electron chi connectivity index (χ0n) is 16.2. The minimum absolute atomic E-state index is 0.0917. The molecule has 3 aromatic rings. The molecule has 0 aliphatic heterocycles. The van der Waals surface area contributed by atoms with Crippen LogP contribution >= 0.6 is 23.2 Å². The van der Waals surface area contributed by atoms with Crippen molar-refractivity contribution in [2.45, 2.75) is 0 Å². The Bertz CT molecular complexity index is 1170. The van der Waals surface area contributed by atoms with Crippen LogP contribution in [0.4, 0.5) is 5.69 Å².